The minimum atomic E-state index is -0.602. The van der Waals surface area contributed by atoms with Crippen LogP contribution in [0, 0.1) is 0 Å². The van der Waals surface area contributed by atoms with Gasteiger partial charge in [0.2, 0.25) is 0 Å². The van der Waals surface area contributed by atoms with E-state index >= 15 is 0 Å². The van der Waals surface area contributed by atoms with Gasteiger partial charge in [-0.25, -0.2) is 0 Å². The van der Waals surface area contributed by atoms with E-state index in [9.17, 15) is 5.11 Å². The van der Waals surface area contributed by atoms with Crippen LogP contribution in [0.15, 0.2) is 48.5 Å². The van der Waals surface area contributed by atoms with Crippen molar-refractivity contribution >= 4 is 0 Å². The molecule has 0 amide bonds. The molecule has 5 nitrogen and oxygen atoms in total. The largest absolute Gasteiger partial charge is 0.497 e. The number of ether oxygens (including phenoxy) is 4. The molecule has 1 N–H and O–H groups in total. The Morgan fingerprint density at radius 3 is 2.03 bits per heavy atom. The van der Waals surface area contributed by atoms with Crippen LogP contribution in [0.1, 0.15) is 61.7 Å². The van der Waals surface area contributed by atoms with E-state index in [0.717, 1.165) is 48.3 Å². The Morgan fingerprint density at radius 1 is 0.900 bits per heavy atom. The first-order chi connectivity index (χ1) is 14.6. The average Bonchev–Trinajstić information content (AvgIpc) is 3.20. The Hall–Kier alpha value is -2.08. The second-order valence-electron chi connectivity index (χ2n) is 8.34. The van der Waals surface area contributed by atoms with Crippen LogP contribution < -0.4 is 9.47 Å². The first-order valence-corrected chi connectivity index (χ1v) is 10.9. The molecule has 1 aliphatic heterocycles. The monoisotopic (exact) mass is 412 g/mol. The molecule has 30 heavy (non-hydrogen) atoms. The predicted molar refractivity (Wildman–Crippen MR) is 115 cm³/mol. The quantitative estimate of drug-likeness (QED) is 0.695. The lowest BCUT2D eigenvalue weighted by atomic mass is 9.86. The third-order valence-corrected chi connectivity index (χ3v) is 6.46. The van der Waals surface area contributed by atoms with Gasteiger partial charge in [0.05, 0.1) is 33.0 Å². The van der Waals surface area contributed by atoms with Crippen molar-refractivity contribution in [2.75, 3.05) is 20.8 Å². The van der Waals surface area contributed by atoms with E-state index in [1.54, 1.807) is 14.2 Å². The normalized spacial score (nSPS) is 22.6. The van der Waals surface area contributed by atoms with Gasteiger partial charge in [-0.1, -0.05) is 30.7 Å². The van der Waals surface area contributed by atoms with Crippen LogP contribution >= 0.6 is 0 Å². The summed E-state index contributed by atoms with van der Waals surface area (Å²) >= 11 is 0. The fraction of sp³-hybridized carbons (Fsp3) is 0.520. The minimum Gasteiger partial charge on any atom is -0.497 e. The van der Waals surface area contributed by atoms with Crippen molar-refractivity contribution in [3.8, 4) is 11.5 Å². The summed E-state index contributed by atoms with van der Waals surface area (Å²) in [6, 6.07) is 15.7. The summed E-state index contributed by atoms with van der Waals surface area (Å²) in [6.45, 7) is 0.562. The molecule has 1 spiro atoms. The van der Waals surface area contributed by atoms with E-state index in [2.05, 4.69) is 12.1 Å². The highest BCUT2D eigenvalue weighted by molar-refractivity contribution is 5.32. The number of hydrogen-bond donors (Lipinski definition) is 1. The van der Waals surface area contributed by atoms with Crippen LogP contribution in [0.2, 0.25) is 0 Å². The van der Waals surface area contributed by atoms with Gasteiger partial charge in [-0.15, -0.1) is 0 Å². The molecule has 3 atom stereocenters. The molecule has 1 saturated heterocycles. The highest BCUT2D eigenvalue weighted by Crippen LogP contribution is 2.43. The summed E-state index contributed by atoms with van der Waals surface area (Å²) in [5.41, 5.74) is 2.01. The first-order valence-electron chi connectivity index (χ1n) is 10.9. The zero-order valence-electron chi connectivity index (χ0n) is 17.9. The summed E-state index contributed by atoms with van der Waals surface area (Å²) in [6.07, 6.45) is 5.33. The molecule has 1 saturated carbocycles. The van der Waals surface area contributed by atoms with Gasteiger partial charge in [-0.05, 0) is 54.7 Å². The maximum Gasteiger partial charge on any atom is 0.168 e. The molecule has 2 aliphatic rings. The van der Waals surface area contributed by atoms with Crippen LogP contribution in [0.5, 0.6) is 11.5 Å². The van der Waals surface area contributed by atoms with Crippen molar-refractivity contribution in [3.05, 3.63) is 59.7 Å². The number of aliphatic hydroxyl groups excluding tert-OH is 1. The van der Waals surface area contributed by atoms with E-state index in [0.29, 0.717) is 13.0 Å². The number of benzene rings is 2. The molecule has 2 unspecified atom stereocenters. The maximum atomic E-state index is 11.0. The second kappa shape index (κ2) is 9.38. The van der Waals surface area contributed by atoms with E-state index < -0.39 is 11.9 Å². The second-order valence-corrected chi connectivity index (χ2v) is 8.34. The van der Waals surface area contributed by atoms with Gasteiger partial charge in [0, 0.05) is 18.8 Å². The maximum absolute atomic E-state index is 11.0. The van der Waals surface area contributed by atoms with Crippen molar-refractivity contribution < 1.29 is 24.1 Å². The SMILES string of the molecule is COc1ccc(C(O)CC(c2ccc(OC)cc2)[C@H]2COC3(CCCCC3)O2)cc1. The van der Waals surface area contributed by atoms with Crippen molar-refractivity contribution in [2.45, 2.75) is 62.4 Å². The number of methoxy groups -OCH3 is 2. The average molecular weight is 413 g/mol. The first kappa shape index (κ1) is 21.2. The van der Waals surface area contributed by atoms with E-state index in [4.69, 9.17) is 18.9 Å². The molecule has 5 heteroatoms. The lowest BCUT2D eigenvalue weighted by Crippen LogP contribution is -2.34. The molecule has 4 rings (SSSR count). The van der Waals surface area contributed by atoms with Crippen molar-refractivity contribution in [1.29, 1.82) is 0 Å². The molecule has 162 valence electrons. The lowest BCUT2D eigenvalue weighted by Gasteiger charge is -2.33. The fourth-order valence-electron chi connectivity index (χ4n) is 4.69. The van der Waals surface area contributed by atoms with Crippen LogP contribution in [0.25, 0.3) is 0 Å². The Kier molecular flexibility index (Phi) is 6.61. The Balaban J connectivity index is 1.55. The zero-order chi connectivity index (χ0) is 21.0. The Morgan fingerprint density at radius 2 is 1.47 bits per heavy atom. The van der Waals surface area contributed by atoms with E-state index in [1.165, 1.54) is 6.42 Å². The summed E-state index contributed by atoms with van der Waals surface area (Å²) in [4.78, 5) is 0. The number of hydrogen-bond acceptors (Lipinski definition) is 5. The van der Waals surface area contributed by atoms with Crippen LogP contribution in [0.3, 0.4) is 0 Å². The van der Waals surface area contributed by atoms with Gasteiger partial charge in [0.15, 0.2) is 5.79 Å². The van der Waals surface area contributed by atoms with Gasteiger partial charge in [-0.3, -0.25) is 0 Å². The number of rotatable bonds is 7. The van der Waals surface area contributed by atoms with Gasteiger partial charge in [-0.2, -0.15) is 0 Å². The minimum absolute atomic E-state index is 0.0225. The van der Waals surface area contributed by atoms with Gasteiger partial charge in [0.25, 0.3) is 0 Å². The molecule has 0 radical (unpaired) electrons. The summed E-state index contributed by atoms with van der Waals surface area (Å²) in [5, 5.41) is 11.0. The topological polar surface area (TPSA) is 57.2 Å². The van der Waals surface area contributed by atoms with Gasteiger partial charge >= 0.3 is 0 Å². The standard InChI is InChI=1S/C25H32O5/c1-27-20-10-6-18(7-11-20)22(16-23(26)19-8-12-21(28-2)13-9-19)24-17-29-25(30-24)14-4-3-5-15-25/h6-13,22-24,26H,3-5,14-17H2,1-2H3/t22?,23?,24-/m1/s1. The molecule has 2 fully saturated rings. The predicted octanol–water partition coefficient (Wildman–Crippen LogP) is 4.99. The fourth-order valence-corrected chi connectivity index (χ4v) is 4.69. The molecule has 0 aromatic heterocycles. The number of aliphatic hydroxyl groups is 1. The highest BCUT2D eigenvalue weighted by atomic mass is 16.7. The zero-order valence-corrected chi connectivity index (χ0v) is 17.9. The smallest absolute Gasteiger partial charge is 0.168 e. The summed E-state index contributed by atoms with van der Waals surface area (Å²) < 4.78 is 23.3. The molecule has 0 bridgehead atoms. The van der Waals surface area contributed by atoms with E-state index in [-0.39, 0.29) is 12.0 Å². The molecule has 2 aromatic rings. The van der Waals surface area contributed by atoms with Crippen LogP contribution in [-0.4, -0.2) is 37.8 Å². The van der Waals surface area contributed by atoms with Crippen LogP contribution in [-0.2, 0) is 9.47 Å². The molecular formula is C25H32O5. The molecular weight excluding hydrogens is 380 g/mol. The third-order valence-electron chi connectivity index (χ3n) is 6.46. The third kappa shape index (κ3) is 4.64. The van der Waals surface area contributed by atoms with Crippen molar-refractivity contribution in [3.63, 3.8) is 0 Å². The Labute approximate surface area is 178 Å². The molecule has 1 heterocycles. The Bertz CT molecular complexity index is 795. The highest BCUT2D eigenvalue weighted by Gasteiger charge is 2.45. The van der Waals surface area contributed by atoms with Crippen LogP contribution in [0.4, 0.5) is 0 Å². The van der Waals surface area contributed by atoms with Gasteiger partial charge in [0.1, 0.15) is 11.5 Å². The summed E-state index contributed by atoms with van der Waals surface area (Å²) in [7, 11) is 3.31. The van der Waals surface area contributed by atoms with Crippen molar-refractivity contribution in [1.82, 2.24) is 0 Å². The molecule has 2 aromatic carbocycles. The van der Waals surface area contributed by atoms with Crippen molar-refractivity contribution in [2.24, 2.45) is 0 Å². The molecule has 1 aliphatic carbocycles. The van der Waals surface area contributed by atoms with Gasteiger partial charge < -0.3 is 24.1 Å². The summed E-state index contributed by atoms with van der Waals surface area (Å²) in [5.74, 6) is 1.19. The van der Waals surface area contributed by atoms with E-state index in [1.807, 2.05) is 36.4 Å². The lowest BCUT2D eigenvalue weighted by molar-refractivity contribution is -0.189.